The van der Waals surface area contributed by atoms with Crippen molar-refractivity contribution in [1.82, 2.24) is 0 Å². The van der Waals surface area contributed by atoms with E-state index in [1.165, 1.54) is 64.2 Å². The number of hydrogen-bond donors (Lipinski definition) is 0. The molecule has 0 aromatic carbocycles. The molecule has 0 spiro atoms. The monoisotopic (exact) mass is 390 g/mol. The number of carbonyl (C=O) groups is 1. The Morgan fingerprint density at radius 1 is 0.964 bits per heavy atom. The van der Waals surface area contributed by atoms with E-state index in [-0.39, 0.29) is 7.43 Å². The first-order chi connectivity index (χ1) is 12.9. The molecule has 0 amide bonds. The van der Waals surface area contributed by atoms with E-state index in [1.807, 2.05) is 13.8 Å². The van der Waals surface area contributed by atoms with Gasteiger partial charge >= 0.3 is 0 Å². The minimum absolute atomic E-state index is 0. The van der Waals surface area contributed by atoms with Gasteiger partial charge in [-0.1, -0.05) is 74.7 Å². The maximum atomic E-state index is 13.3. The lowest BCUT2D eigenvalue weighted by molar-refractivity contribution is -0.156. The van der Waals surface area contributed by atoms with Crippen molar-refractivity contribution in [2.75, 3.05) is 0 Å². The highest BCUT2D eigenvalue weighted by Crippen LogP contribution is 2.67. The molecule has 4 aliphatic carbocycles. The summed E-state index contributed by atoms with van der Waals surface area (Å²) in [6.45, 7) is 14.0. The average molecular weight is 391 g/mol. The first-order valence-electron chi connectivity index (χ1n) is 12.4. The van der Waals surface area contributed by atoms with E-state index in [4.69, 9.17) is 0 Å². The van der Waals surface area contributed by atoms with Crippen molar-refractivity contribution in [2.45, 2.75) is 120 Å². The molecule has 7 unspecified atom stereocenters. The molecule has 1 heteroatoms. The van der Waals surface area contributed by atoms with Crippen LogP contribution in [-0.2, 0) is 4.79 Å². The lowest BCUT2D eigenvalue weighted by Gasteiger charge is -2.60. The predicted octanol–water partition coefficient (Wildman–Crippen LogP) is 8.31. The van der Waals surface area contributed by atoms with Crippen LogP contribution < -0.4 is 0 Å². The number of ketones is 1. The Labute approximate surface area is 176 Å². The zero-order chi connectivity index (χ0) is 19.8. The van der Waals surface area contributed by atoms with Crippen molar-refractivity contribution in [3.05, 3.63) is 0 Å². The summed E-state index contributed by atoms with van der Waals surface area (Å²) in [6, 6.07) is 0. The molecule has 164 valence electrons. The van der Waals surface area contributed by atoms with Gasteiger partial charge in [0.2, 0.25) is 0 Å². The summed E-state index contributed by atoms with van der Waals surface area (Å²) >= 11 is 0. The predicted molar refractivity (Wildman–Crippen MR) is 122 cm³/mol. The molecule has 0 aromatic heterocycles. The Balaban J connectivity index is 0.000000906. The van der Waals surface area contributed by atoms with Crippen molar-refractivity contribution >= 4 is 5.78 Å². The van der Waals surface area contributed by atoms with E-state index >= 15 is 0 Å². The molecule has 8 atom stereocenters. The zero-order valence-corrected chi connectivity index (χ0v) is 19.2. The van der Waals surface area contributed by atoms with Gasteiger partial charge in [-0.25, -0.2) is 0 Å². The van der Waals surface area contributed by atoms with Gasteiger partial charge in [0.05, 0.1) is 0 Å². The number of fused-ring (bicyclic) bond motifs is 5. The van der Waals surface area contributed by atoms with Crippen LogP contribution in [-0.4, -0.2) is 5.78 Å². The Hall–Kier alpha value is -0.330. The Kier molecular flexibility index (Phi) is 7.88. The Bertz CT molecular complexity index is 524. The maximum Gasteiger partial charge on any atom is 0.136 e. The van der Waals surface area contributed by atoms with Gasteiger partial charge in [-0.3, -0.25) is 4.79 Å². The third-order valence-electron chi connectivity index (χ3n) is 9.89. The summed E-state index contributed by atoms with van der Waals surface area (Å²) in [5.74, 6) is 4.90. The standard InChI is InChI=1S/C24H40O.C2H6.CH4/c1-5-8-16(2)18-10-11-19-22-20(12-14-24(18,19)4)23(3)13-7-6-9-17(23)15-21(22)25;1-2;/h16-20,22H,5-15H2,1-4H3;1-2H3;1H4/t16-,17?,18?,19?,20?,22?,23?,24?;;/m1../s1. The largest absolute Gasteiger partial charge is 0.299 e. The molecule has 1 nitrogen and oxygen atoms in total. The van der Waals surface area contributed by atoms with Crippen LogP contribution in [0.5, 0.6) is 0 Å². The van der Waals surface area contributed by atoms with Crippen molar-refractivity contribution in [3.8, 4) is 0 Å². The van der Waals surface area contributed by atoms with Crippen LogP contribution in [0.3, 0.4) is 0 Å². The quantitative estimate of drug-likeness (QED) is 0.473. The molecule has 0 aromatic rings. The summed E-state index contributed by atoms with van der Waals surface area (Å²) in [7, 11) is 0. The van der Waals surface area contributed by atoms with Gasteiger partial charge in [-0.15, -0.1) is 0 Å². The lowest BCUT2D eigenvalue weighted by Crippen LogP contribution is -2.56. The Morgan fingerprint density at radius 3 is 2.32 bits per heavy atom. The molecule has 0 bridgehead atoms. The van der Waals surface area contributed by atoms with Crippen LogP contribution in [0.4, 0.5) is 0 Å². The molecule has 0 N–H and O–H groups in total. The van der Waals surface area contributed by atoms with Crippen molar-refractivity contribution in [1.29, 1.82) is 0 Å². The van der Waals surface area contributed by atoms with E-state index in [2.05, 4.69) is 27.7 Å². The fourth-order valence-electron chi connectivity index (χ4n) is 8.59. The van der Waals surface area contributed by atoms with Crippen LogP contribution in [0.15, 0.2) is 0 Å². The lowest BCUT2D eigenvalue weighted by atomic mass is 9.44. The normalized spacial score (nSPS) is 45.5. The molecule has 4 saturated carbocycles. The zero-order valence-electron chi connectivity index (χ0n) is 19.2. The molecular weight excluding hydrogens is 340 g/mol. The molecule has 4 fully saturated rings. The van der Waals surface area contributed by atoms with E-state index in [9.17, 15) is 4.79 Å². The van der Waals surface area contributed by atoms with Crippen molar-refractivity contribution < 1.29 is 4.79 Å². The van der Waals surface area contributed by atoms with Crippen molar-refractivity contribution in [2.24, 2.45) is 46.3 Å². The molecule has 4 aliphatic rings. The second kappa shape index (κ2) is 9.22. The van der Waals surface area contributed by atoms with Crippen LogP contribution in [0.2, 0.25) is 0 Å². The summed E-state index contributed by atoms with van der Waals surface area (Å²) in [5, 5.41) is 0. The van der Waals surface area contributed by atoms with Crippen LogP contribution >= 0.6 is 0 Å². The maximum absolute atomic E-state index is 13.3. The first-order valence-corrected chi connectivity index (χ1v) is 12.4. The van der Waals surface area contributed by atoms with Crippen molar-refractivity contribution in [3.63, 3.8) is 0 Å². The molecule has 28 heavy (non-hydrogen) atoms. The highest BCUT2D eigenvalue weighted by molar-refractivity contribution is 5.83. The highest BCUT2D eigenvalue weighted by atomic mass is 16.1. The van der Waals surface area contributed by atoms with E-state index in [0.717, 1.165) is 18.3 Å². The molecule has 0 saturated heterocycles. The third-order valence-corrected chi connectivity index (χ3v) is 9.89. The second-order valence-corrected chi connectivity index (χ2v) is 10.9. The fourth-order valence-corrected chi connectivity index (χ4v) is 8.59. The van der Waals surface area contributed by atoms with Gasteiger partial charge in [0.1, 0.15) is 5.78 Å². The molecule has 0 heterocycles. The average Bonchev–Trinajstić information content (AvgIpc) is 3.01. The second-order valence-electron chi connectivity index (χ2n) is 10.9. The Morgan fingerprint density at radius 2 is 1.64 bits per heavy atom. The number of carbonyl (C=O) groups excluding carboxylic acids is 1. The fraction of sp³-hybridized carbons (Fsp3) is 0.963. The third kappa shape index (κ3) is 3.62. The minimum Gasteiger partial charge on any atom is -0.299 e. The first kappa shape index (κ1) is 23.9. The smallest absolute Gasteiger partial charge is 0.136 e. The molecule has 0 aliphatic heterocycles. The van der Waals surface area contributed by atoms with E-state index < -0.39 is 0 Å². The molecule has 0 radical (unpaired) electrons. The summed E-state index contributed by atoms with van der Waals surface area (Å²) in [4.78, 5) is 13.3. The number of hydrogen-bond acceptors (Lipinski definition) is 1. The minimum atomic E-state index is 0. The van der Waals surface area contributed by atoms with Crippen LogP contribution in [0.1, 0.15) is 120 Å². The number of rotatable bonds is 3. The van der Waals surface area contributed by atoms with Gasteiger partial charge in [-0.2, -0.15) is 0 Å². The molecule has 4 rings (SSSR count). The summed E-state index contributed by atoms with van der Waals surface area (Å²) in [6.07, 6.45) is 14.5. The van der Waals surface area contributed by atoms with Gasteiger partial charge in [0.25, 0.3) is 0 Å². The van der Waals surface area contributed by atoms with Gasteiger partial charge < -0.3 is 0 Å². The summed E-state index contributed by atoms with van der Waals surface area (Å²) < 4.78 is 0. The SMILES string of the molecule is C.CC.CCC[C@@H](C)C1CCC2C3C(=O)CC4CCCCC4(C)C3CCC21C. The van der Waals surface area contributed by atoms with Crippen LogP contribution in [0.25, 0.3) is 0 Å². The van der Waals surface area contributed by atoms with Gasteiger partial charge in [0.15, 0.2) is 0 Å². The van der Waals surface area contributed by atoms with Crippen LogP contribution in [0, 0.1) is 46.3 Å². The highest BCUT2D eigenvalue weighted by Gasteiger charge is 2.62. The van der Waals surface area contributed by atoms with Gasteiger partial charge in [-0.05, 0) is 78.9 Å². The topological polar surface area (TPSA) is 17.1 Å². The van der Waals surface area contributed by atoms with Gasteiger partial charge in [0, 0.05) is 12.3 Å². The summed E-state index contributed by atoms with van der Waals surface area (Å²) in [5.41, 5.74) is 0.925. The number of Topliss-reactive ketones (excluding diaryl/α,β-unsaturated/α-hetero) is 1. The molecular formula is C27H50O. The van der Waals surface area contributed by atoms with E-state index in [1.54, 1.807) is 0 Å². The van der Waals surface area contributed by atoms with E-state index in [0.29, 0.717) is 40.3 Å².